The molecule has 19 heavy (non-hydrogen) atoms. The van der Waals surface area contributed by atoms with Crippen molar-refractivity contribution in [3.8, 4) is 0 Å². The van der Waals surface area contributed by atoms with Gasteiger partial charge in [-0.15, -0.1) is 0 Å². The van der Waals surface area contributed by atoms with Crippen molar-refractivity contribution in [3.05, 3.63) is 10.8 Å². The Morgan fingerprint density at radius 3 is 2.79 bits per heavy atom. The Bertz CT molecular complexity index is 427. The summed E-state index contributed by atoms with van der Waals surface area (Å²) in [5, 5.41) is 6.43. The zero-order valence-corrected chi connectivity index (χ0v) is 13.2. The van der Waals surface area contributed by atoms with Gasteiger partial charge in [-0.3, -0.25) is 4.90 Å². The highest BCUT2D eigenvalue weighted by Crippen LogP contribution is 2.26. The fraction of sp³-hybridized carbons (Fsp3) is 0.667. The van der Waals surface area contributed by atoms with Crippen molar-refractivity contribution in [1.82, 2.24) is 19.8 Å². The van der Waals surface area contributed by atoms with E-state index in [4.69, 9.17) is 0 Å². The van der Waals surface area contributed by atoms with Crippen molar-refractivity contribution in [2.75, 3.05) is 58.0 Å². The molecule has 1 atom stereocenters. The van der Waals surface area contributed by atoms with Crippen LogP contribution in [-0.4, -0.2) is 73.1 Å². The van der Waals surface area contributed by atoms with Gasteiger partial charge in [0.1, 0.15) is 22.4 Å². The van der Waals surface area contributed by atoms with Crippen molar-refractivity contribution in [2.24, 2.45) is 0 Å². The van der Waals surface area contributed by atoms with Crippen LogP contribution >= 0.6 is 15.9 Å². The van der Waals surface area contributed by atoms with E-state index in [1.165, 1.54) is 0 Å². The molecule has 2 N–H and O–H groups in total. The lowest BCUT2D eigenvalue weighted by Gasteiger charge is -2.37. The Morgan fingerprint density at radius 1 is 1.32 bits per heavy atom. The lowest BCUT2D eigenvalue weighted by atomic mass is 10.2. The first-order chi connectivity index (χ1) is 9.11. The largest absolute Gasteiger partial charge is 0.372 e. The fourth-order valence-corrected chi connectivity index (χ4v) is 2.75. The maximum Gasteiger partial charge on any atom is 0.146 e. The molecule has 1 aromatic rings. The zero-order valence-electron chi connectivity index (χ0n) is 11.6. The van der Waals surface area contributed by atoms with Gasteiger partial charge in [-0.25, -0.2) is 9.97 Å². The molecular weight excluding hydrogens is 308 g/mol. The lowest BCUT2D eigenvalue weighted by molar-refractivity contribution is 0.122. The van der Waals surface area contributed by atoms with E-state index in [1.807, 2.05) is 7.05 Å². The van der Waals surface area contributed by atoms with Crippen LogP contribution in [0.25, 0.3) is 0 Å². The standard InChI is InChI=1S/C12H21BrN6/c1-14-11-10(13)12(17-8-16-11)15-6-9-7-18(2)4-5-19(9)3/h8-9H,4-7H2,1-3H3,(H2,14,15,16,17). The molecule has 0 radical (unpaired) electrons. The van der Waals surface area contributed by atoms with Crippen molar-refractivity contribution >= 4 is 27.6 Å². The SMILES string of the molecule is CNc1ncnc(NCC2CN(C)CCN2C)c1Br. The molecule has 1 aliphatic rings. The summed E-state index contributed by atoms with van der Waals surface area (Å²) in [5.74, 6) is 1.63. The lowest BCUT2D eigenvalue weighted by Crippen LogP contribution is -2.52. The second kappa shape index (κ2) is 6.49. The number of nitrogens with zero attached hydrogens (tertiary/aromatic N) is 4. The molecular formula is C12H21BrN6. The number of rotatable bonds is 4. The van der Waals surface area contributed by atoms with Gasteiger partial charge in [-0.1, -0.05) is 0 Å². The second-order valence-corrected chi connectivity index (χ2v) is 5.71. The summed E-state index contributed by atoms with van der Waals surface area (Å²) >= 11 is 3.52. The van der Waals surface area contributed by atoms with Crippen LogP contribution in [0.3, 0.4) is 0 Å². The first kappa shape index (κ1) is 14.5. The van der Waals surface area contributed by atoms with Crippen molar-refractivity contribution in [3.63, 3.8) is 0 Å². The molecule has 1 saturated heterocycles. The second-order valence-electron chi connectivity index (χ2n) is 4.91. The number of hydrogen-bond donors (Lipinski definition) is 2. The number of aromatic nitrogens is 2. The molecule has 0 bridgehead atoms. The highest BCUT2D eigenvalue weighted by molar-refractivity contribution is 9.10. The third-order valence-corrected chi connectivity index (χ3v) is 4.26. The van der Waals surface area contributed by atoms with Crippen molar-refractivity contribution in [2.45, 2.75) is 6.04 Å². The van der Waals surface area contributed by atoms with Gasteiger partial charge in [0.25, 0.3) is 0 Å². The van der Waals surface area contributed by atoms with Crippen LogP contribution in [0.4, 0.5) is 11.6 Å². The number of hydrogen-bond acceptors (Lipinski definition) is 6. The van der Waals surface area contributed by atoms with Crippen LogP contribution < -0.4 is 10.6 Å². The van der Waals surface area contributed by atoms with Gasteiger partial charge in [0, 0.05) is 39.3 Å². The van der Waals surface area contributed by atoms with E-state index in [0.29, 0.717) is 6.04 Å². The number of likely N-dealkylation sites (N-methyl/N-ethyl adjacent to an activating group) is 2. The molecule has 7 heteroatoms. The minimum Gasteiger partial charge on any atom is -0.372 e. The van der Waals surface area contributed by atoms with E-state index < -0.39 is 0 Å². The summed E-state index contributed by atoms with van der Waals surface area (Å²) in [4.78, 5) is 13.2. The summed E-state index contributed by atoms with van der Waals surface area (Å²) in [7, 11) is 6.19. The molecule has 1 aromatic heterocycles. The molecule has 1 unspecified atom stereocenters. The molecule has 0 saturated carbocycles. The molecule has 2 rings (SSSR count). The predicted molar refractivity (Wildman–Crippen MR) is 81.7 cm³/mol. The minimum atomic E-state index is 0.499. The Balaban J connectivity index is 1.98. The van der Waals surface area contributed by atoms with Crippen molar-refractivity contribution < 1.29 is 0 Å². The van der Waals surface area contributed by atoms with Gasteiger partial charge in [-0.2, -0.15) is 0 Å². The predicted octanol–water partition coefficient (Wildman–Crippen LogP) is 0.939. The van der Waals surface area contributed by atoms with Crippen LogP contribution in [-0.2, 0) is 0 Å². The van der Waals surface area contributed by atoms with E-state index in [9.17, 15) is 0 Å². The number of piperazine rings is 1. The molecule has 0 spiro atoms. The molecule has 6 nitrogen and oxygen atoms in total. The minimum absolute atomic E-state index is 0.499. The van der Waals surface area contributed by atoms with Gasteiger partial charge >= 0.3 is 0 Å². The normalized spacial score (nSPS) is 21.4. The van der Waals surface area contributed by atoms with Gasteiger partial charge in [0.2, 0.25) is 0 Å². The third kappa shape index (κ3) is 3.55. The highest BCUT2D eigenvalue weighted by Gasteiger charge is 2.22. The van der Waals surface area contributed by atoms with E-state index >= 15 is 0 Å². The average Bonchev–Trinajstić information content (AvgIpc) is 2.41. The molecule has 1 aliphatic heterocycles. The zero-order chi connectivity index (χ0) is 13.8. The Morgan fingerprint density at radius 2 is 2.05 bits per heavy atom. The molecule has 0 aliphatic carbocycles. The van der Waals surface area contributed by atoms with E-state index in [1.54, 1.807) is 6.33 Å². The monoisotopic (exact) mass is 328 g/mol. The van der Waals surface area contributed by atoms with Crippen molar-refractivity contribution in [1.29, 1.82) is 0 Å². The van der Waals surface area contributed by atoms with Crippen LogP contribution in [0.5, 0.6) is 0 Å². The smallest absolute Gasteiger partial charge is 0.146 e. The molecule has 1 fully saturated rings. The van der Waals surface area contributed by atoms with Crippen LogP contribution in [0.15, 0.2) is 10.8 Å². The van der Waals surface area contributed by atoms with Gasteiger partial charge < -0.3 is 15.5 Å². The van der Waals surface area contributed by atoms with E-state index in [0.717, 1.165) is 42.3 Å². The topological polar surface area (TPSA) is 56.3 Å². The summed E-state index contributed by atoms with van der Waals surface area (Å²) in [5.41, 5.74) is 0. The van der Waals surface area contributed by atoms with E-state index in [2.05, 4.69) is 60.4 Å². The Hall–Kier alpha value is -0.920. The molecule has 2 heterocycles. The fourth-order valence-electron chi connectivity index (χ4n) is 2.20. The summed E-state index contributed by atoms with van der Waals surface area (Å²) in [6.07, 6.45) is 1.57. The van der Waals surface area contributed by atoms with Gasteiger partial charge in [-0.05, 0) is 30.0 Å². The van der Waals surface area contributed by atoms with E-state index in [-0.39, 0.29) is 0 Å². The van der Waals surface area contributed by atoms with Gasteiger partial charge in [0.15, 0.2) is 0 Å². The van der Waals surface area contributed by atoms with Gasteiger partial charge in [0.05, 0.1) is 0 Å². The average molecular weight is 329 g/mol. The van der Waals surface area contributed by atoms with Crippen LogP contribution in [0.1, 0.15) is 0 Å². The summed E-state index contributed by atoms with van der Waals surface area (Å²) in [6.45, 7) is 4.19. The summed E-state index contributed by atoms with van der Waals surface area (Å²) < 4.78 is 0.879. The Labute approximate surface area is 122 Å². The first-order valence-electron chi connectivity index (χ1n) is 6.42. The Kier molecular flexibility index (Phi) is 4.95. The third-order valence-electron chi connectivity index (χ3n) is 3.51. The number of halogens is 1. The molecule has 0 amide bonds. The maximum atomic E-state index is 4.27. The van der Waals surface area contributed by atoms with Crippen LogP contribution in [0, 0.1) is 0 Å². The quantitative estimate of drug-likeness (QED) is 0.857. The first-order valence-corrected chi connectivity index (χ1v) is 7.22. The summed E-state index contributed by atoms with van der Waals surface area (Å²) in [6, 6.07) is 0.499. The molecule has 0 aromatic carbocycles. The number of anilines is 2. The van der Waals surface area contributed by atoms with Crippen LogP contribution in [0.2, 0.25) is 0 Å². The maximum absolute atomic E-state index is 4.27. The highest BCUT2D eigenvalue weighted by atomic mass is 79.9. The number of nitrogens with one attached hydrogen (secondary N) is 2. The molecule has 106 valence electrons.